The van der Waals surface area contributed by atoms with Gasteiger partial charge in [0, 0.05) is 11.4 Å². The predicted octanol–water partition coefficient (Wildman–Crippen LogP) is 3.37. The molecule has 2 N–H and O–H groups in total. The highest BCUT2D eigenvalue weighted by atomic mass is 32.1. The Kier molecular flexibility index (Phi) is 3.82. The van der Waals surface area contributed by atoms with Gasteiger partial charge in [-0.2, -0.15) is 0 Å². The van der Waals surface area contributed by atoms with Crippen molar-refractivity contribution in [1.82, 2.24) is 4.98 Å². The van der Waals surface area contributed by atoms with Crippen molar-refractivity contribution in [2.45, 2.75) is 13.2 Å². The molecule has 0 bridgehead atoms. The average Bonchev–Trinajstić information content (AvgIpc) is 3.12. The molecule has 0 aliphatic rings. The van der Waals surface area contributed by atoms with E-state index < -0.39 is 0 Å². The first-order valence-electron chi connectivity index (χ1n) is 6.11. The third kappa shape index (κ3) is 2.73. The van der Waals surface area contributed by atoms with Crippen LogP contribution in [0.3, 0.4) is 0 Å². The first-order valence-corrected chi connectivity index (χ1v) is 7.87. The lowest BCUT2D eigenvalue weighted by atomic mass is 10.2. The van der Waals surface area contributed by atoms with Crippen molar-refractivity contribution in [3.8, 4) is 0 Å². The Morgan fingerprint density at radius 3 is 2.90 bits per heavy atom. The maximum absolute atomic E-state index is 11.2. The standard InChI is InChI=1S/C13H11N3O3S2/c17-6-9-7-21-11(15-9)5-14-12-10(16(18)19)2-1-8-3-4-20-13(8)12/h1-4,7,14,17H,5-6H2. The number of thiophene rings is 1. The van der Waals surface area contributed by atoms with Crippen molar-refractivity contribution in [2.75, 3.05) is 5.32 Å². The molecule has 0 radical (unpaired) electrons. The van der Waals surface area contributed by atoms with E-state index in [1.807, 2.05) is 11.4 Å². The van der Waals surface area contributed by atoms with Crippen LogP contribution in [0.4, 0.5) is 11.4 Å². The summed E-state index contributed by atoms with van der Waals surface area (Å²) < 4.78 is 0.864. The second-order valence-corrected chi connectivity index (χ2v) is 6.16. The largest absolute Gasteiger partial charge is 0.390 e. The normalized spacial score (nSPS) is 10.9. The number of aliphatic hydroxyl groups excluding tert-OH is 1. The van der Waals surface area contributed by atoms with Gasteiger partial charge < -0.3 is 10.4 Å². The van der Waals surface area contributed by atoms with Crippen LogP contribution < -0.4 is 5.32 Å². The van der Waals surface area contributed by atoms with Crippen LogP contribution in [0, 0.1) is 10.1 Å². The number of aromatic nitrogens is 1. The maximum Gasteiger partial charge on any atom is 0.293 e. The summed E-state index contributed by atoms with van der Waals surface area (Å²) in [4.78, 5) is 15.0. The zero-order valence-corrected chi connectivity index (χ0v) is 12.4. The molecule has 0 unspecified atom stereocenters. The summed E-state index contributed by atoms with van der Waals surface area (Å²) >= 11 is 2.88. The minimum absolute atomic E-state index is 0.0592. The Balaban J connectivity index is 1.92. The molecule has 2 aromatic heterocycles. The van der Waals surface area contributed by atoms with Gasteiger partial charge in [0.2, 0.25) is 0 Å². The first-order chi connectivity index (χ1) is 10.2. The summed E-state index contributed by atoms with van der Waals surface area (Å²) in [7, 11) is 0. The van der Waals surface area contributed by atoms with Gasteiger partial charge in [-0.15, -0.1) is 22.7 Å². The van der Waals surface area contributed by atoms with Crippen molar-refractivity contribution in [3.63, 3.8) is 0 Å². The van der Waals surface area contributed by atoms with Gasteiger partial charge in [-0.3, -0.25) is 10.1 Å². The van der Waals surface area contributed by atoms with Crippen LogP contribution in [0.15, 0.2) is 29.0 Å². The van der Waals surface area contributed by atoms with E-state index in [1.165, 1.54) is 28.7 Å². The maximum atomic E-state index is 11.2. The van der Waals surface area contributed by atoms with Crippen LogP contribution in [0.1, 0.15) is 10.7 Å². The predicted molar refractivity (Wildman–Crippen MR) is 83.8 cm³/mol. The van der Waals surface area contributed by atoms with Gasteiger partial charge in [-0.1, -0.05) is 0 Å². The third-order valence-electron chi connectivity index (χ3n) is 2.97. The van der Waals surface area contributed by atoms with Gasteiger partial charge in [0.25, 0.3) is 5.69 Å². The Morgan fingerprint density at radius 2 is 2.19 bits per heavy atom. The minimum atomic E-state index is -0.386. The van der Waals surface area contributed by atoms with Crippen LogP contribution in [-0.2, 0) is 13.2 Å². The molecule has 108 valence electrons. The lowest BCUT2D eigenvalue weighted by Gasteiger charge is -2.06. The molecule has 1 aromatic carbocycles. The average molecular weight is 321 g/mol. The number of hydrogen-bond donors (Lipinski definition) is 2. The molecule has 3 aromatic rings. The number of thiazole rings is 1. The second kappa shape index (κ2) is 5.76. The molecule has 0 aliphatic heterocycles. The lowest BCUT2D eigenvalue weighted by Crippen LogP contribution is -2.03. The molecule has 0 aliphatic carbocycles. The van der Waals surface area contributed by atoms with Gasteiger partial charge in [0.15, 0.2) is 0 Å². The van der Waals surface area contributed by atoms with E-state index in [4.69, 9.17) is 5.11 Å². The number of nitro benzene ring substituents is 1. The Hall–Kier alpha value is -2.03. The van der Waals surface area contributed by atoms with Crippen LogP contribution in [0.5, 0.6) is 0 Å². The zero-order valence-electron chi connectivity index (χ0n) is 10.8. The van der Waals surface area contributed by atoms with E-state index in [2.05, 4.69) is 10.3 Å². The van der Waals surface area contributed by atoms with Crippen LogP contribution >= 0.6 is 22.7 Å². The van der Waals surface area contributed by atoms with E-state index >= 15 is 0 Å². The molecule has 0 spiro atoms. The number of nitrogens with one attached hydrogen (secondary N) is 1. The van der Waals surface area contributed by atoms with E-state index in [-0.39, 0.29) is 17.2 Å². The molecule has 0 fully saturated rings. The smallest absolute Gasteiger partial charge is 0.293 e. The van der Waals surface area contributed by atoms with Gasteiger partial charge >= 0.3 is 0 Å². The summed E-state index contributed by atoms with van der Waals surface area (Å²) in [5.41, 5.74) is 1.19. The number of fused-ring (bicyclic) bond motifs is 1. The molecule has 0 atom stereocenters. The second-order valence-electron chi connectivity index (χ2n) is 4.30. The molecule has 3 rings (SSSR count). The number of hydrogen-bond acceptors (Lipinski definition) is 7. The van der Waals surface area contributed by atoms with Crippen LogP contribution in [-0.4, -0.2) is 15.0 Å². The molecule has 21 heavy (non-hydrogen) atoms. The van der Waals surface area contributed by atoms with Crippen molar-refractivity contribution in [2.24, 2.45) is 0 Å². The van der Waals surface area contributed by atoms with Crippen molar-refractivity contribution >= 4 is 44.1 Å². The Labute approximate surface area is 127 Å². The quantitative estimate of drug-likeness (QED) is 0.555. The van der Waals surface area contributed by atoms with Crippen LogP contribution in [0.25, 0.3) is 10.1 Å². The monoisotopic (exact) mass is 321 g/mol. The fraction of sp³-hybridized carbons (Fsp3) is 0.154. The molecule has 0 saturated heterocycles. The number of rotatable bonds is 5. The Morgan fingerprint density at radius 1 is 1.33 bits per heavy atom. The molecule has 0 amide bonds. The molecular formula is C13H11N3O3S2. The number of anilines is 1. The number of benzene rings is 1. The van der Waals surface area contributed by atoms with Crippen LogP contribution in [0.2, 0.25) is 0 Å². The molecule has 6 nitrogen and oxygen atoms in total. The Bertz CT molecular complexity index is 797. The number of aliphatic hydroxyl groups is 1. The minimum Gasteiger partial charge on any atom is -0.390 e. The van der Waals surface area contributed by atoms with E-state index in [0.717, 1.165) is 15.1 Å². The third-order valence-corrected chi connectivity index (χ3v) is 4.82. The molecule has 2 heterocycles. The van der Waals surface area contributed by atoms with Crippen molar-refractivity contribution in [3.05, 3.63) is 49.8 Å². The molecule has 0 saturated carbocycles. The zero-order chi connectivity index (χ0) is 14.8. The lowest BCUT2D eigenvalue weighted by molar-refractivity contribution is -0.383. The summed E-state index contributed by atoms with van der Waals surface area (Å²) in [5.74, 6) is 0. The van der Waals surface area contributed by atoms with Crippen molar-refractivity contribution < 1.29 is 10.0 Å². The SMILES string of the molecule is O=[N+]([O-])c1ccc2ccsc2c1NCc1nc(CO)cs1. The van der Waals surface area contributed by atoms with E-state index in [1.54, 1.807) is 11.4 Å². The summed E-state index contributed by atoms with van der Waals surface area (Å²) in [6.45, 7) is 0.291. The van der Waals surface area contributed by atoms with E-state index in [0.29, 0.717) is 17.9 Å². The number of nitrogens with zero attached hydrogens (tertiary/aromatic N) is 2. The van der Waals surface area contributed by atoms with Gasteiger partial charge in [-0.05, 0) is 22.9 Å². The highest BCUT2D eigenvalue weighted by molar-refractivity contribution is 7.18. The molecule has 8 heteroatoms. The number of nitro groups is 1. The highest BCUT2D eigenvalue weighted by Gasteiger charge is 2.18. The van der Waals surface area contributed by atoms with Gasteiger partial charge in [0.1, 0.15) is 10.7 Å². The summed E-state index contributed by atoms with van der Waals surface area (Å²) in [6.07, 6.45) is 0. The van der Waals surface area contributed by atoms with Gasteiger partial charge in [-0.25, -0.2) is 4.98 Å². The van der Waals surface area contributed by atoms with Gasteiger partial charge in [0.05, 0.1) is 28.5 Å². The van der Waals surface area contributed by atoms with E-state index in [9.17, 15) is 10.1 Å². The summed E-state index contributed by atoms with van der Waals surface area (Å²) in [5, 5.41) is 28.7. The fourth-order valence-electron chi connectivity index (χ4n) is 2.01. The van der Waals surface area contributed by atoms with Crippen molar-refractivity contribution in [1.29, 1.82) is 0 Å². The fourth-order valence-corrected chi connectivity index (χ4v) is 3.65. The molecular weight excluding hydrogens is 310 g/mol. The summed E-state index contributed by atoms with van der Waals surface area (Å²) in [6, 6.07) is 5.20. The topological polar surface area (TPSA) is 88.3 Å². The first kappa shape index (κ1) is 13.9. The highest BCUT2D eigenvalue weighted by Crippen LogP contribution is 2.36.